The Morgan fingerprint density at radius 2 is 2.00 bits per heavy atom. The van der Waals surface area contributed by atoms with Gasteiger partial charge in [-0.05, 0) is 6.92 Å². The van der Waals surface area contributed by atoms with Gasteiger partial charge in [0.05, 0.1) is 7.11 Å². The first kappa shape index (κ1) is 9.39. The van der Waals surface area contributed by atoms with E-state index < -0.39 is 18.2 Å². The SMILES string of the molecule is COC(=O)C(C)C(O)OC. The Kier molecular flexibility index (Phi) is 3.99. The van der Waals surface area contributed by atoms with E-state index in [1.807, 2.05) is 0 Å². The molecule has 0 aliphatic carbocycles. The van der Waals surface area contributed by atoms with Gasteiger partial charge in [-0.15, -0.1) is 0 Å². The summed E-state index contributed by atoms with van der Waals surface area (Å²) >= 11 is 0. The zero-order chi connectivity index (χ0) is 8.15. The van der Waals surface area contributed by atoms with Crippen LogP contribution < -0.4 is 0 Å². The molecule has 0 heterocycles. The Balaban J connectivity index is 3.81. The van der Waals surface area contributed by atoms with Gasteiger partial charge in [0.1, 0.15) is 5.92 Å². The number of aliphatic hydroxyl groups is 1. The highest BCUT2D eigenvalue weighted by Gasteiger charge is 2.21. The first-order valence-corrected chi connectivity index (χ1v) is 2.92. The number of hydrogen-bond donors (Lipinski definition) is 1. The summed E-state index contributed by atoms with van der Waals surface area (Å²) in [5, 5.41) is 8.90. The molecule has 10 heavy (non-hydrogen) atoms. The first-order chi connectivity index (χ1) is 4.63. The van der Waals surface area contributed by atoms with Crippen molar-refractivity contribution in [2.45, 2.75) is 13.2 Å². The minimum atomic E-state index is -1.08. The van der Waals surface area contributed by atoms with Crippen LogP contribution >= 0.6 is 0 Å². The predicted molar refractivity (Wildman–Crippen MR) is 34.2 cm³/mol. The minimum Gasteiger partial charge on any atom is -0.469 e. The van der Waals surface area contributed by atoms with E-state index in [0.717, 1.165) is 0 Å². The third-order valence-electron chi connectivity index (χ3n) is 1.24. The molecular formula is C6H12O4. The number of esters is 1. The Bertz CT molecular complexity index is 112. The highest BCUT2D eigenvalue weighted by Crippen LogP contribution is 2.04. The number of ether oxygens (including phenoxy) is 2. The van der Waals surface area contributed by atoms with Crippen LogP contribution in [0.1, 0.15) is 6.92 Å². The monoisotopic (exact) mass is 148 g/mol. The third kappa shape index (κ3) is 2.33. The highest BCUT2D eigenvalue weighted by atomic mass is 16.6. The Hall–Kier alpha value is -0.610. The lowest BCUT2D eigenvalue weighted by atomic mass is 10.2. The molecule has 4 heteroatoms. The number of methoxy groups -OCH3 is 2. The van der Waals surface area contributed by atoms with Crippen molar-refractivity contribution in [3.8, 4) is 0 Å². The summed E-state index contributed by atoms with van der Waals surface area (Å²) in [4.78, 5) is 10.6. The number of hydrogen-bond acceptors (Lipinski definition) is 4. The maximum atomic E-state index is 10.6. The molecule has 1 N–H and O–H groups in total. The fourth-order valence-electron chi connectivity index (χ4n) is 0.506. The van der Waals surface area contributed by atoms with Crippen LogP contribution in [0.15, 0.2) is 0 Å². The average Bonchev–Trinajstić information content (AvgIpc) is 2.00. The van der Waals surface area contributed by atoms with Gasteiger partial charge in [-0.3, -0.25) is 4.79 Å². The van der Waals surface area contributed by atoms with Crippen molar-refractivity contribution in [1.82, 2.24) is 0 Å². The van der Waals surface area contributed by atoms with Crippen LogP contribution in [-0.2, 0) is 14.3 Å². The first-order valence-electron chi connectivity index (χ1n) is 2.92. The molecule has 0 fully saturated rings. The average molecular weight is 148 g/mol. The third-order valence-corrected chi connectivity index (χ3v) is 1.24. The summed E-state index contributed by atoms with van der Waals surface area (Å²) in [7, 11) is 2.59. The molecule has 0 spiro atoms. The zero-order valence-corrected chi connectivity index (χ0v) is 6.33. The number of carbonyl (C=O) groups is 1. The van der Waals surface area contributed by atoms with E-state index in [0.29, 0.717) is 0 Å². The molecule has 2 atom stereocenters. The summed E-state index contributed by atoms with van der Waals surface area (Å²) < 4.78 is 8.85. The number of aliphatic hydroxyl groups excluding tert-OH is 1. The van der Waals surface area contributed by atoms with E-state index in [-0.39, 0.29) is 0 Å². The van der Waals surface area contributed by atoms with Crippen LogP contribution in [0.4, 0.5) is 0 Å². The van der Waals surface area contributed by atoms with E-state index in [2.05, 4.69) is 9.47 Å². The Labute approximate surface area is 59.7 Å². The lowest BCUT2D eigenvalue weighted by molar-refractivity contribution is -0.165. The lowest BCUT2D eigenvalue weighted by Crippen LogP contribution is -2.27. The van der Waals surface area contributed by atoms with Gasteiger partial charge in [0.15, 0.2) is 6.29 Å². The summed E-state index contributed by atoms with van der Waals surface area (Å²) in [5.41, 5.74) is 0. The van der Waals surface area contributed by atoms with Gasteiger partial charge in [0.25, 0.3) is 0 Å². The maximum absolute atomic E-state index is 10.6. The molecular weight excluding hydrogens is 136 g/mol. The molecule has 0 aromatic carbocycles. The lowest BCUT2D eigenvalue weighted by Gasteiger charge is -2.13. The van der Waals surface area contributed by atoms with Gasteiger partial charge in [-0.1, -0.05) is 0 Å². The summed E-state index contributed by atoms with van der Waals surface area (Å²) in [5.74, 6) is -1.11. The van der Waals surface area contributed by atoms with Gasteiger partial charge in [-0.2, -0.15) is 0 Å². The van der Waals surface area contributed by atoms with Crippen LogP contribution in [0.25, 0.3) is 0 Å². The molecule has 0 aliphatic rings. The summed E-state index contributed by atoms with van der Waals surface area (Å²) in [6, 6.07) is 0. The van der Waals surface area contributed by atoms with Crippen molar-refractivity contribution < 1.29 is 19.4 Å². The molecule has 0 radical (unpaired) electrons. The molecule has 60 valence electrons. The largest absolute Gasteiger partial charge is 0.469 e. The standard InChI is InChI=1S/C6H12O4/c1-4(5(7)9-2)6(8)10-3/h4-5,7H,1-3H3. The van der Waals surface area contributed by atoms with Crippen molar-refractivity contribution in [3.63, 3.8) is 0 Å². The molecule has 0 saturated heterocycles. The predicted octanol–water partition coefficient (Wildman–Crippen LogP) is -0.240. The van der Waals surface area contributed by atoms with E-state index in [9.17, 15) is 4.79 Å². The Morgan fingerprint density at radius 3 is 2.30 bits per heavy atom. The van der Waals surface area contributed by atoms with Crippen molar-refractivity contribution in [1.29, 1.82) is 0 Å². The fourth-order valence-corrected chi connectivity index (χ4v) is 0.506. The molecule has 0 bridgehead atoms. The van der Waals surface area contributed by atoms with E-state index in [1.54, 1.807) is 0 Å². The molecule has 0 aromatic rings. The number of rotatable bonds is 3. The summed E-state index contributed by atoms with van der Waals surface area (Å²) in [6.07, 6.45) is -1.08. The quantitative estimate of drug-likeness (QED) is 0.443. The minimum absolute atomic E-state index is 0.477. The molecule has 2 unspecified atom stereocenters. The van der Waals surface area contributed by atoms with E-state index in [4.69, 9.17) is 5.11 Å². The van der Waals surface area contributed by atoms with Gasteiger partial charge in [-0.25, -0.2) is 0 Å². The van der Waals surface area contributed by atoms with Gasteiger partial charge in [0, 0.05) is 7.11 Å². The molecule has 0 aromatic heterocycles. The molecule has 0 aliphatic heterocycles. The van der Waals surface area contributed by atoms with Gasteiger partial charge in [0.2, 0.25) is 0 Å². The van der Waals surface area contributed by atoms with Crippen molar-refractivity contribution >= 4 is 5.97 Å². The smallest absolute Gasteiger partial charge is 0.313 e. The molecule has 0 rings (SSSR count). The second-order valence-electron chi connectivity index (χ2n) is 1.94. The van der Waals surface area contributed by atoms with Crippen molar-refractivity contribution in [2.24, 2.45) is 5.92 Å². The van der Waals surface area contributed by atoms with Crippen LogP contribution in [0.3, 0.4) is 0 Å². The second-order valence-corrected chi connectivity index (χ2v) is 1.94. The number of carbonyl (C=O) groups excluding carboxylic acids is 1. The highest BCUT2D eigenvalue weighted by molar-refractivity contribution is 5.72. The molecule has 4 nitrogen and oxygen atoms in total. The normalized spacial score (nSPS) is 16.0. The topological polar surface area (TPSA) is 55.8 Å². The van der Waals surface area contributed by atoms with Gasteiger partial charge < -0.3 is 14.6 Å². The summed E-state index contributed by atoms with van der Waals surface area (Å²) in [6.45, 7) is 1.53. The van der Waals surface area contributed by atoms with Crippen LogP contribution in [0.2, 0.25) is 0 Å². The molecule has 0 amide bonds. The van der Waals surface area contributed by atoms with Crippen LogP contribution in [0.5, 0.6) is 0 Å². The van der Waals surface area contributed by atoms with Crippen LogP contribution in [-0.4, -0.2) is 31.6 Å². The van der Waals surface area contributed by atoms with E-state index in [1.165, 1.54) is 21.1 Å². The van der Waals surface area contributed by atoms with E-state index >= 15 is 0 Å². The fraction of sp³-hybridized carbons (Fsp3) is 0.833. The Morgan fingerprint density at radius 1 is 1.50 bits per heavy atom. The van der Waals surface area contributed by atoms with Crippen molar-refractivity contribution in [2.75, 3.05) is 14.2 Å². The van der Waals surface area contributed by atoms with Gasteiger partial charge >= 0.3 is 5.97 Å². The van der Waals surface area contributed by atoms with Crippen molar-refractivity contribution in [3.05, 3.63) is 0 Å². The van der Waals surface area contributed by atoms with Crippen LogP contribution in [0, 0.1) is 5.92 Å². The zero-order valence-electron chi connectivity index (χ0n) is 6.33. The second kappa shape index (κ2) is 4.24. The molecule has 0 saturated carbocycles. The maximum Gasteiger partial charge on any atom is 0.313 e.